The summed E-state index contributed by atoms with van der Waals surface area (Å²) in [5, 5.41) is 0. The highest BCUT2D eigenvalue weighted by atomic mass is 16.5. The molecule has 0 spiro atoms. The Morgan fingerprint density at radius 1 is 1.04 bits per heavy atom. The lowest BCUT2D eigenvalue weighted by Crippen LogP contribution is -2.21. The van der Waals surface area contributed by atoms with Crippen molar-refractivity contribution in [2.45, 2.75) is 38.5 Å². The van der Waals surface area contributed by atoms with E-state index in [0.717, 1.165) is 24.5 Å². The van der Waals surface area contributed by atoms with Gasteiger partial charge in [-0.3, -0.25) is 0 Å². The summed E-state index contributed by atoms with van der Waals surface area (Å²) >= 11 is 0. The summed E-state index contributed by atoms with van der Waals surface area (Å²) in [7, 11) is 1.82. The number of ether oxygens (including phenoxy) is 1. The molecule has 132 valence electrons. The molecule has 2 aromatic rings. The maximum atomic E-state index is 5.72. The third kappa shape index (κ3) is 3.20. The van der Waals surface area contributed by atoms with Crippen LogP contribution < -0.4 is 4.74 Å². The SMILES string of the molecule is CCN1C[C@@H]2CCc3c(OC)ccc(CCc4ccccc4)c3[C@@H]2C1. The van der Waals surface area contributed by atoms with Gasteiger partial charge in [0.15, 0.2) is 0 Å². The number of benzene rings is 2. The van der Waals surface area contributed by atoms with Gasteiger partial charge in [-0.1, -0.05) is 43.3 Å². The molecule has 0 radical (unpaired) electrons. The van der Waals surface area contributed by atoms with Crippen LogP contribution >= 0.6 is 0 Å². The molecule has 0 amide bonds. The zero-order valence-corrected chi connectivity index (χ0v) is 15.5. The fourth-order valence-electron chi connectivity index (χ4n) is 4.91. The van der Waals surface area contributed by atoms with E-state index in [1.54, 1.807) is 11.1 Å². The molecule has 1 heterocycles. The quantitative estimate of drug-likeness (QED) is 0.800. The van der Waals surface area contributed by atoms with Crippen LogP contribution in [-0.2, 0) is 19.3 Å². The summed E-state index contributed by atoms with van der Waals surface area (Å²) in [6.07, 6.45) is 4.74. The van der Waals surface area contributed by atoms with Crippen LogP contribution in [0.25, 0.3) is 0 Å². The van der Waals surface area contributed by atoms with Crippen LogP contribution in [-0.4, -0.2) is 31.6 Å². The minimum absolute atomic E-state index is 0.699. The Hall–Kier alpha value is -1.80. The summed E-state index contributed by atoms with van der Waals surface area (Å²) < 4.78 is 5.72. The lowest BCUT2D eigenvalue weighted by molar-refractivity contribution is 0.338. The summed E-state index contributed by atoms with van der Waals surface area (Å²) in [4.78, 5) is 2.63. The summed E-state index contributed by atoms with van der Waals surface area (Å²) in [5.74, 6) is 2.63. The number of aryl methyl sites for hydroxylation is 2. The number of hydrogen-bond acceptors (Lipinski definition) is 2. The molecule has 4 rings (SSSR count). The third-order valence-electron chi connectivity index (χ3n) is 6.25. The van der Waals surface area contributed by atoms with Gasteiger partial charge >= 0.3 is 0 Å². The van der Waals surface area contributed by atoms with Crippen molar-refractivity contribution in [2.24, 2.45) is 5.92 Å². The fourth-order valence-corrected chi connectivity index (χ4v) is 4.91. The van der Waals surface area contributed by atoms with Gasteiger partial charge in [-0.2, -0.15) is 0 Å². The van der Waals surface area contributed by atoms with Crippen molar-refractivity contribution < 1.29 is 4.74 Å². The molecule has 0 unspecified atom stereocenters. The fraction of sp³-hybridized carbons (Fsp3) is 0.478. The van der Waals surface area contributed by atoms with Crippen molar-refractivity contribution >= 4 is 0 Å². The molecule has 2 aliphatic rings. The first kappa shape index (κ1) is 16.7. The van der Waals surface area contributed by atoms with Gasteiger partial charge < -0.3 is 9.64 Å². The molecule has 2 nitrogen and oxygen atoms in total. The molecule has 0 aromatic heterocycles. The third-order valence-corrected chi connectivity index (χ3v) is 6.25. The zero-order chi connectivity index (χ0) is 17.2. The van der Waals surface area contributed by atoms with Crippen molar-refractivity contribution in [2.75, 3.05) is 26.7 Å². The predicted molar refractivity (Wildman–Crippen MR) is 104 cm³/mol. The number of hydrogen-bond donors (Lipinski definition) is 0. The molecule has 1 aliphatic carbocycles. The van der Waals surface area contributed by atoms with E-state index < -0.39 is 0 Å². The molecule has 1 fully saturated rings. The molecule has 2 atom stereocenters. The topological polar surface area (TPSA) is 12.5 Å². The van der Waals surface area contributed by atoms with Gasteiger partial charge in [-0.25, -0.2) is 0 Å². The molecule has 25 heavy (non-hydrogen) atoms. The smallest absolute Gasteiger partial charge is 0.122 e. The van der Waals surface area contributed by atoms with E-state index in [4.69, 9.17) is 4.74 Å². The van der Waals surface area contributed by atoms with Gasteiger partial charge in [-0.15, -0.1) is 0 Å². The maximum Gasteiger partial charge on any atom is 0.122 e. The Morgan fingerprint density at radius 3 is 2.64 bits per heavy atom. The van der Waals surface area contributed by atoms with E-state index in [1.165, 1.54) is 43.6 Å². The van der Waals surface area contributed by atoms with Crippen LogP contribution in [0.1, 0.15) is 41.5 Å². The van der Waals surface area contributed by atoms with Crippen LogP contribution in [0.4, 0.5) is 0 Å². The predicted octanol–water partition coefficient (Wildman–Crippen LogP) is 4.46. The number of methoxy groups -OCH3 is 1. The molecular formula is C23H29NO. The van der Waals surface area contributed by atoms with E-state index in [1.807, 2.05) is 7.11 Å². The molecule has 1 aliphatic heterocycles. The molecule has 0 saturated carbocycles. The molecule has 2 aromatic carbocycles. The van der Waals surface area contributed by atoms with E-state index in [-0.39, 0.29) is 0 Å². The first-order valence-electron chi connectivity index (χ1n) is 9.75. The van der Waals surface area contributed by atoms with Crippen molar-refractivity contribution in [3.8, 4) is 5.75 Å². The highest BCUT2D eigenvalue weighted by Crippen LogP contribution is 2.45. The summed E-state index contributed by atoms with van der Waals surface area (Å²) in [6, 6.07) is 15.4. The van der Waals surface area contributed by atoms with Crippen molar-refractivity contribution in [1.29, 1.82) is 0 Å². The lowest BCUT2D eigenvalue weighted by Gasteiger charge is -2.31. The van der Waals surface area contributed by atoms with Crippen LogP contribution in [0.3, 0.4) is 0 Å². The van der Waals surface area contributed by atoms with Crippen LogP contribution in [0.15, 0.2) is 42.5 Å². The maximum absolute atomic E-state index is 5.72. The van der Waals surface area contributed by atoms with Crippen LogP contribution in [0, 0.1) is 5.92 Å². The van der Waals surface area contributed by atoms with Gasteiger partial charge in [0.25, 0.3) is 0 Å². The number of fused-ring (bicyclic) bond motifs is 3. The minimum Gasteiger partial charge on any atom is -0.496 e. The number of likely N-dealkylation sites (tertiary alicyclic amines) is 1. The average Bonchev–Trinajstić information content (AvgIpc) is 3.10. The molecule has 0 bridgehead atoms. The molecular weight excluding hydrogens is 306 g/mol. The standard InChI is InChI=1S/C23H29NO/c1-3-24-15-19-11-13-20-22(25-2)14-12-18(23(20)21(19)16-24)10-9-17-7-5-4-6-8-17/h4-8,12,14,19,21H,3,9-11,13,15-16H2,1-2H3/t19-,21+/m0/s1. The van der Waals surface area contributed by atoms with E-state index in [2.05, 4.69) is 54.3 Å². The number of rotatable bonds is 5. The van der Waals surface area contributed by atoms with Gasteiger partial charge in [0.05, 0.1) is 7.11 Å². The Balaban J connectivity index is 1.66. The largest absolute Gasteiger partial charge is 0.496 e. The summed E-state index contributed by atoms with van der Waals surface area (Å²) in [6.45, 7) is 5.96. The van der Waals surface area contributed by atoms with E-state index >= 15 is 0 Å². The molecule has 2 heteroatoms. The number of nitrogens with zero attached hydrogens (tertiary/aromatic N) is 1. The van der Waals surface area contributed by atoms with E-state index in [9.17, 15) is 0 Å². The van der Waals surface area contributed by atoms with Crippen LogP contribution in [0.5, 0.6) is 5.75 Å². The second kappa shape index (κ2) is 7.21. The Bertz CT molecular complexity index is 724. The van der Waals surface area contributed by atoms with Gasteiger partial charge in [0, 0.05) is 19.0 Å². The first-order chi connectivity index (χ1) is 12.3. The highest BCUT2D eigenvalue weighted by molar-refractivity contribution is 5.50. The molecule has 0 N–H and O–H groups in total. The highest BCUT2D eigenvalue weighted by Gasteiger charge is 2.39. The Labute approximate surface area is 151 Å². The normalized spacial score (nSPS) is 22.5. The van der Waals surface area contributed by atoms with Gasteiger partial charge in [0.2, 0.25) is 0 Å². The zero-order valence-electron chi connectivity index (χ0n) is 15.5. The van der Waals surface area contributed by atoms with Crippen LogP contribution in [0.2, 0.25) is 0 Å². The van der Waals surface area contributed by atoms with Gasteiger partial charge in [0.1, 0.15) is 5.75 Å². The van der Waals surface area contributed by atoms with Crippen molar-refractivity contribution in [3.05, 3.63) is 64.7 Å². The second-order valence-corrected chi connectivity index (χ2v) is 7.56. The molecule has 1 saturated heterocycles. The number of likely N-dealkylation sites (N-methyl/N-ethyl adjacent to an activating group) is 1. The Morgan fingerprint density at radius 2 is 1.88 bits per heavy atom. The first-order valence-corrected chi connectivity index (χ1v) is 9.75. The van der Waals surface area contributed by atoms with Crippen molar-refractivity contribution in [1.82, 2.24) is 4.90 Å². The Kier molecular flexibility index (Phi) is 4.80. The van der Waals surface area contributed by atoms with Gasteiger partial charge in [-0.05, 0) is 66.5 Å². The lowest BCUT2D eigenvalue weighted by atomic mass is 9.74. The second-order valence-electron chi connectivity index (χ2n) is 7.56. The monoisotopic (exact) mass is 335 g/mol. The van der Waals surface area contributed by atoms with E-state index in [0.29, 0.717) is 5.92 Å². The van der Waals surface area contributed by atoms with Crippen molar-refractivity contribution in [3.63, 3.8) is 0 Å². The minimum atomic E-state index is 0.699. The average molecular weight is 335 g/mol. The summed E-state index contributed by atoms with van der Waals surface area (Å²) in [5.41, 5.74) is 6.10.